The van der Waals surface area contributed by atoms with Crippen LogP contribution in [0.25, 0.3) is 0 Å². The summed E-state index contributed by atoms with van der Waals surface area (Å²) in [5, 5.41) is 50.4. The molecule has 15 rings (SSSR count). The quantitative estimate of drug-likeness (QED) is 0.0228. The molecule has 112 heavy (non-hydrogen) atoms. The smallest absolute Gasteiger partial charge is 0.325 e. The van der Waals surface area contributed by atoms with Gasteiger partial charge in [-0.2, -0.15) is 5.26 Å². The lowest BCUT2D eigenvalue weighted by atomic mass is 9.90. The van der Waals surface area contributed by atoms with Crippen LogP contribution in [0.4, 0.5) is 17.5 Å². The maximum absolute atomic E-state index is 12.5. The van der Waals surface area contributed by atoms with Crippen LogP contribution >= 0.6 is 0 Å². The molecule has 24 heteroatoms. The Hall–Kier alpha value is -8.09. The number of nitriles is 1. The molecule has 5 aromatic heterocycles. The first-order chi connectivity index (χ1) is 54.8. The first-order valence-corrected chi connectivity index (χ1v) is 42.1. The van der Waals surface area contributed by atoms with Gasteiger partial charge < -0.3 is 59.7 Å². The number of carbonyl (C=O) groups is 3. The number of aryl methyl sites for hydroxylation is 8. The molecule has 14 heterocycles. The Kier molecular flexibility index (Phi) is 30.2. The third-order valence-corrected chi connectivity index (χ3v) is 23.5. The Morgan fingerprint density at radius 3 is 1.18 bits per heavy atom. The Morgan fingerprint density at radius 1 is 0.455 bits per heavy atom. The number of unbranched alkanes of at least 4 members (excludes halogenated alkanes) is 3. The van der Waals surface area contributed by atoms with Crippen LogP contribution in [0.3, 0.4) is 0 Å². The number of aliphatic carboxylic acids is 3. The average Bonchev–Trinajstić information content (AvgIpc) is 1.37. The number of aromatic nitrogens is 5. The number of anilines is 3. The molecule has 3 unspecified atom stereocenters. The molecule has 0 saturated carbocycles. The van der Waals surface area contributed by atoms with Crippen molar-refractivity contribution in [2.24, 2.45) is 0 Å². The average molecular weight is 1540 g/mol. The van der Waals surface area contributed by atoms with Crippen molar-refractivity contribution in [3.63, 3.8) is 0 Å². The topological polar surface area (TPSA) is 301 Å². The van der Waals surface area contributed by atoms with Crippen LogP contribution < -0.4 is 16.0 Å². The van der Waals surface area contributed by atoms with Crippen molar-refractivity contribution in [2.45, 2.75) is 242 Å². The first-order valence-electron chi connectivity index (χ1n) is 42.1. The molecule has 1 aromatic carbocycles. The fourth-order valence-corrected chi connectivity index (χ4v) is 17.6. The van der Waals surface area contributed by atoms with E-state index in [9.17, 15) is 35.0 Å². The molecular formula is C88H118N12O12. The van der Waals surface area contributed by atoms with Gasteiger partial charge in [-0.05, 0) is 257 Å². The summed E-state index contributed by atoms with van der Waals surface area (Å²) >= 11 is 0. The van der Waals surface area contributed by atoms with Crippen LogP contribution in [0.15, 0.2) is 78.9 Å². The van der Waals surface area contributed by atoms with E-state index in [2.05, 4.69) is 58.4 Å². The predicted molar refractivity (Wildman–Crippen MR) is 428 cm³/mol. The van der Waals surface area contributed by atoms with Gasteiger partial charge in [0, 0.05) is 138 Å². The molecule has 9 aliphatic rings. The molecule has 6 aromatic rings. The molecule has 0 aliphatic carbocycles. The highest BCUT2D eigenvalue weighted by Crippen LogP contribution is 2.41. The normalized spacial score (nSPS) is 22.7. The minimum Gasteiger partial charge on any atom is -0.480 e. The maximum atomic E-state index is 12.5. The van der Waals surface area contributed by atoms with Crippen molar-refractivity contribution in [2.75, 3.05) is 114 Å². The summed E-state index contributed by atoms with van der Waals surface area (Å²) in [4.78, 5) is 67.4. The highest BCUT2D eigenvalue weighted by Gasteiger charge is 2.41. The summed E-state index contributed by atoms with van der Waals surface area (Å²) in [5.74, 6) is 0.608. The van der Waals surface area contributed by atoms with Crippen LogP contribution in [0.2, 0.25) is 0 Å². The number of rotatable bonds is 30. The maximum Gasteiger partial charge on any atom is 0.325 e. The summed E-state index contributed by atoms with van der Waals surface area (Å²) in [6.45, 7) is 14.9. The monoisotopic (exact) mass is 1530 g/mol. The highest BCUT2D eigenvalue weighted by molar-refractivity contribution is 5.78. The summed E-state index contributed by atoms with van der Waals surface area (Å²) in [6.07, 6.45) is 26.8. The zero-order chi connectivity index (χ0) is 77.6. The standard InChI is InChI=1S/C30H38N4O4.2C29H40N4O4/c31-19-21-9-12-25(26(18-21)27-8-2-4-17-38-27)28(30(35)36)34-15-13-24(20-34)37-16-3-1-7-23-11-10-22-6-5-14-32-29(22)33-23;2*1-20-10-13-24(26(31-20)25-9-3-5-18-37-25)27(29(34)35)33-16-14-23(19-33)36-17-4-2-8-22-12-11-21-7-6-15-30-28(21)32-22/h9-12,18,24,27-28H,1-8,13-17,20H2,(H,32,33)(H,35,36);2*10-13,23,25,27H,2-9,14-19H2,1H3,(H,30,32)(H,34,35)/t24-,27?,28+;23-,25?,27+;23-,25?,27-/m111/s1. The Labute approximate surface area is 660 Å². The number of pyridine rings is 5. The van der Waals surface area contributed by atoms with Crippen molar-refractivity contribution in [3.05, 3.63) is 163 Å². The van der Waals surface area contributed by atoms with Gasteiger partial charge >= 0.3 is 17.9 Å². The third kappa shape index (κ3) is 22.3. The molecular weight excluding hydrogens is 1420 g/mol. The van der Waals surface area contributed by atoms with Gasteiger partial charge in [-0.3, -0.25) is 39.1 Å². The first kappa shape index (κ1) is 81.9. The highest BCUT2D eigenvalue weighted by atomic mass is 16.5. The second-order valence-electron chi connectivity index (χ2n) is 31.8. The van der Waals surface area contributed by atoms with E-state index in [1.54, 1.807) is 6.07 Å². The predicted octanol–water partition coefficient (Wildman–Crippen LogP) is 14.0. The lowest BCUT2D eigenvalue weighted by Crippen LogP contribution is -2.35. The van der Waals surface area contributed by atoms with Crippen LogP contribution in [-0.4, -0.2) is 190 Å². The zero-order valence-electron chi connectivity index (χ0n) is 65.9. The lowest BCUT2D eigenvalue weighted by Gasteiger charge is -2.30. The fourth-order valence-electron chi connectivity index (χ4n) is 17.6. The molecule has 9 atom stereocenters. The van der Waals surface area contributed by atoms with Crippen molar-refractivity contribution < 1.29 is 58.1 Å². The number of carboxylic acid groups (broad SMARTS) is 3. The van der Waals surface area contributed by atoms with Gasteiger partial charge in [0.05, 0.1) is 59.6 Å². The SMILES string of the molecule is Cc1ccc([C@@H](C(=O)O)N2CC[C@@H](OCCCCc3ccc4c(n3)NCCC4)C2)c(C2CCCCO2)n1.Cc1ccc([C@H](C(=O)O)N2CC[C@@H](OCCCCc3ccc4c(n3)NCCC4)C2)c(C2CCCCO2)n1.N#Cc1ccc([C@@H](C(=O)O)N2CC[C@@H](OCCCCc3ccc4c(n3)NCCC4)C2)c(C2CCCCO2)c1. The summed E-state index contributed by atoms with van der Waals surface area (Å²) in [5.41, 5.74) is 14.3. The van der Waals surface area contributed by atoms with Gasteiger partial charge in [0.25, 0.3) is 0 Å². The van der Waals surface area contributed by atoms with E-state index in [1.807, 2.05) is 64.9 Å². The van der Waals surface area contributed by atoms with E-state index in [0.29, 0.717) is 84.5 Å². The van der Waals surface area contributed by atoms with Crippen LogP contribution in [0, 0.1) is 25.2 Å². The zero-order valence-corrected chi connectivity index (χ0v) is 65.9. The molecule has 0 radical (unpaired) electrons. The number of nitrogens with zero attached hydrogens (tertiary/aromatic N) is 9. The van der Waals surface area contributed by atoms with Crippen LogP contribution in [0.1, 0.15) is 256 Å². The van der Waals surface area contributed by atoms with E-state index in [0.717, 1.165) is 253 Å². The largest absolute Gasteiger partial charge is 0.480 e. The number of benzene rings is 1. The Bertz CT molecular complexity index is 3950. The molecule has 0 bridgehead atoms. The molecule has 602 valence electrons. The number of hydrogen-bond acceptors (Lipinski definition) is 21. The molecule has 0 amide bonds. The minimum absolute atomic E-state index is 0.0238. The number of fused-ring (bicyclic) bond motifs is 3. The molecule has 6 N–H and O–H groups in total. The number of carboxylic acids is 3. The van der Waals surface area contributed by atoms with E-state index < -0.39 is 36.0 Å². The minimum atomic E-state index is -0.876. The van der Waals surface area contributed by atoms with Gasteiger partial charge in [0.15, 0.2) is 0 Å². The second-order valence-corrected chi connectivity index (χ2v) is 31.8. The van der Waals surface area contributed by atoms with Crippen molar-refractivity contribution in [1.29, 1.82) is 5.26 Å². The Balaban J connectivity index is 0.000000147. The van der Waals surface area contributed by atoms with Crippen molar-refractivity contribution in [1.82, 2.24) is 39.6 Å². The molecule has 0 spiro atoms. The van der Waals surface area contributed by atoms with Gasteiger partial charge in [-0.15, -0.1) is 0 Å². The van der Waals surface area contributed by atoms with Gasteiger partial charge in [0.1, 0.15) is 35.6 Å². The summed E-state index contributed by atoms with van der Waals surface area (Å²) in [6, 6.07) is 26.1. The lowest BCUT2D eigenvalue weighted by molar-refractivity contribution is -0.144. The number of ether oxygens (including phenoxy) is 6. The fraction of sp³-hybridized carbons (Fsp3) is 0.602. The molecule has 9 aliphatic heterocycles. The van der Waals surface area contributed by atoms with Gasteiger partial charge in [-0.1, -0.05) is 36.4 Å². The number of nitrogens with one attached hydrogen (secondary N) is 3. The Morgan fingerprint density at radius 2 is 0.821 bits per heavy atom. The molecule has 24 nitrogen and oxygen atoms in total. The van der Waals surface area contributed by atoms with Crippen LogP contribution in [-0.2, 0) is 81.3 Å². The van der Waals surface area contributed by atoms with Gasteiger partial charge in [0.2, 0.25) is 0 Å². The van der Waals surface area contributed by atoms with Crippen molar-refractivity contribution in [3.8, 4) is 6.07 Å². The van der Waals surface area contributed by atoms with E-state index >= 15 is 0 Å². The second kappa shape index (κ2) is 41.3. The summed E-state index contributed by atoms with van der Waals surface area (Å²) < 4.78 is 36.6. The number of likely N-dealkylation sites (tertiary alicyclic amines) is 3. The molecule has 6 fully saturated rings. The summed E-state index contributed by atoms with van der Waals surface area (Å²) in [7, 11) is 0. The van der Waals surface area contributed by atoms with Crippen LogP contribution in [0.5, 0.6) is 0 Å². The van der Waals surface area contributed by atoms with Crippen molar-refractivity contribution >= 4 is 35.4 Å². The van der Waals surface area contributed by atoms with Gasteiger partial charge in [-0.25, -0.2) is 15.0 Å². The van der Waals surface area contributed by atoms with E-state index in [1.165, 1.54) is 36.0 Å². The number of hydrogen-bond donors (Lipinski definition) is 6. The van der Waals surface area contributed by atoms with E-state index in [-0.39, 0.29) is 36.6 Å². The van der Waals surface area contributed by atoms with E-state index in [4.69, 9.17) is 53.3 Å². The third-order valence-electron chi connectivity index (χ3n) is 23.5. The molecule has 6 saturated heterocycles.